The lowest BCUT2D eigenvalue weighted by Gasteiger charge is -2.22. The summed E-state index contributed by atoms with van der Waals surface area (Å²) in [4.78, 5) is 36.8. The molecule has 0 spiro atoms. The van der Waals surface area contributed by atoms with Crippen molar-refractivity contribution in [1.82, 2.24) is 10.6 Å². The number of methoxy groups -OCH3 is 1. The molecule has 1 aromatic carbocycles. The van der Waals surface area contributed by atoms with Gasteiger partial charge in [-0.25, -0.2) is 0 Å². The van der Waals surface area contributed by atoms with Crippen molar-refractivity contribution in [1.29, 1.82) is 0 Å². The Balaban J connectivity index is 2.79. The molecule has 0 aromatic heterocycles. The van der Waals surface area contributed by atoms with Crippen LogP contribution in [0, 0.1) is 11.8 Å². The molecule has 0 radical (unpaired) electrons. The Kier molecular flexibility index (Phi) is 9.96. The van der Waals surface area contributed by atoms with Crippen LogP contribution in [0.15, 0.2) is 18.2 Å². The van der Waals surface area contributed by atoms with Crippen LogP contribution in [0.3, 0.4) is 0 Å². The Bertz CT molecular complexity index is 692. The number of hydrogen-bond donors (Lipinski definition) is 3. The summed E-state index contributed by atoms with van der Waals surface area (Å²) >= 11 is 6.19. The van der Waals surface area contributed by atoms with Crippen LogP contribution in [0.5, 0.6) is 0 Å². The molecule has 156 valence electrons. The predicted molar refractivity (Wildman–Crippen MR) is 111 cm³/mol. The van der Waals surface area contributed by atoms with Crippen LogP contribution in [-0.2, 0) is 14.3 Å². The highest BCUT2D eigenvalue weighted by Crippen LogP contribution is 2.21. The maximum absolute atomic E-state index is 12.6. The second-order valence-corrected chi connectivity index (χ2v) is 7.73. The highest BCUT2D eigenvalue weighted by atomic mass is 35.5. The molecule has 0 saturated carbocycles. The Hall–Kier alpha value is -2.12. The molecule has 0 aliphatic rings. The molecule has 8 heteroatoms. The van der Waals surface area contributed by atoms with Crippen LogP contribution in [0.4, 0.5) is 5.69 Å². The fraction of sp³-hybridized carbons (Fsp3) is 0.550. The molecule has 0 saturated heterocycles. The molecule has 3 amide bonds. The minimum Gasteiger partial charge on any atom is -0.383 e. The first-order valence-corrected chi connectivity index (χ1v) is 9.70. The van der Waals surface area contributed by atoms with Crippen LogP contribution in [0.25, 0.3) is 0 Å². The van der Waals surface area contributed by atoms with Crippen LogP contribution in [0.1, 0.15) is 44.5 Å². The summed E-state index contributed by atoms with van der Waals surface area (Å²) in [6.45, 7) is 8.38. The van der Waals surface area contributed by atoms with E-state index in [1.165, 1.54) is 6.07 Å². The van der Waals surface area contributed by atoms with Crippen molar-refractivity contribution in [3.05, 3.63) is 28.8 Å². The van der Waals surface area contributed by atoms with Gasteiger partial charge in [0.15, 0.2) is 0 Å². The van der Waals surface area contributed by atoms with Gasteiger partial charge < -0.3 is 20.7 Å². The number of halogens is 1. The molecule has 0 heterocycles. The van der Waals surface area contributed by atoms with Gasteiger partial charge in [0.25, 0.3) is 5.91 Å². The molecule has 1 rings (SSSR count). The lowest BCUT2D eigenvalue weighted by atomic mass is 10.0. The number of amides is 3. The van der Waals surface area contributed by atoms with Gasteiger partial charge in [0, 0.05) is 25.8 Å². The van der Waals surface area contributed by atoms with Crippen LogP contribution < -0.4 is 16.0 Å². The van der Waals surface area contributed by atoms with Gasteiger partial charge in [-0.1, -0.05) is 39.3 Å². The zero-order chi connectivity index (χ0) is 21.3. The summed E-state index contributed by atoms with van der Waals surface area (Å²) in [5.41, 5.74) is 0.758. The fourth-order valence-corrected chi connectivity index (χ4v) is 2.76. The van der Waals surface area contributed by atoms with Gasteiger partial charge in [-0.15, -0.1) is 0 Å². The van der Waals surface area contributed by atoms with E-state index in [0.29, 0.717) is 30.8 Å². The molecule has 1 unspecified atom stereocenters. The normalized spacial score (nSPS) is 12.0. The van der Waals surface area contributed by atoms with Gasteiger partial charge in [-0.2, -0.15) is 0 Å². The lowest BCUT2D eigenvalue weighted by molar-refractivity contribution is -0.127. The molecule has 0 fully saturated rings. The summed E-state index contributed by atoms with van der Waals surface area (Å²) in [6, 6.07) is 3.99. The number of ether oxygens (including phenoxy) is 1. The standard InChI is InChI=1S/C20H30ClN3O4/c1-12(2)10-17(25)24-18(13(3)4)20(27)23-14-6-7-15(16(21)11-14)19(26)22-8-9-28-5/h6-7,11-13,18H,8-10H2,1-5H3,(H,22,26)(H,23,27)(H,24,25). The molecular weight excluding hydrogens is 382 g/mol. The third-order valence-electron chi connectivity index (χ3n) is 3.93. The molecule has 0 aliphatic heterocycles. The number of benzene rings is 1. The second kappa shape index (κ2) is 11.7. The number of hydrogen-bond acceptors (Lipinski definition) is 4. The van der Waals surface area contributed by atoms with Gasteiger partial charge in [0.2, 0.25) is 11.8 Å². The highest BCUT2D eigenvalue weighted by Gasteiger charge is 2.24. The van der Waals surface area contributed by atoms with Crippen molar-refractivity contribution >= 4 is 35.0 Å². The predicted octanol–water partition coefficient (Wildman–Crippen LogP) is 2.84. The van der Waals surface area contributed by atoms with Gasteiger partial charge >= 0.3 is 0 Å². The van der Waals surface area contributed by atoms with Gasteiger partial charge in [-0.3, -0.25) is 14.4 Å². The molecule has 7 nitrogen and oxygen atoms in total. The summed E-state index contributed by atoms with van der Waals surface area (Å²) in [6.07, 6.45) is 0.356. The first kappa shape index (κ1) is 23.9. The van der Waals surface area contributed by atoms with Crippen molar-refractivity contribution in [3.63, 3.8) is 0 Å². The van der Waals surface area contributed by atoms with Crippen LogP contribution >= 0.6 is 11.6 Å². The van der Waals surface area contributed by atoms with Crippen molar-refractivity contribution < 1.29 is 19.1 Å². The number of carbonyl (C=O) groups excluding carboxylic acids is 3. The van der Waals surface area contributed by atoms with Crippen molar-refractivity contribution in [2.24, 2.45) is 11.8 Å². The Morgan fingerprint density at radius 3 is 2.36 bits per heavy atom. The van der Waals surface area contributed by atoms with Crippen LogP contribution in [0.2, 0.25) is 5.02 Å². The van der Waals surface area contributed by atoms with E-state index in [0.717, 1.165) is 0 Å². The number of carbonyl (C=O) groups is 3. The third kappa shape index (κ3) is 7.86. The Labute approximate surface area is 171 Å². The molecule has 3 N–H and O–H groups in total. The minimum absolute atomic E-state index is 0.0857. The van der Waals surface area contributed by atoms with E-state index in [1.54, 1.807) is 19.2 Å². The third-order valence-corrected chi connectivity index (χ3v) is 4.24. The first-order chi connectivity index (χ1) is 13.1. The van der Waals surface area contributed by atoms with E-state index in [-0.39, 0.29) is 34.6 Å². The number of rotatable bonds is 10. The quantitative estimate of drug-likeness (QED) is 0.516. The van der Waals surface area contributed by atoms with E-state index in [4.69, 9.17) is 16.3 Å². The fourth-order valence-electron chi connectivity index (χ4n) is 2.50. The molecular formula is C20H30ClN3O4. The zero-order valence-corrected chi connectivity index (χ0v) is 17.9. The lowest BCUT2D eigenvalue weighted by Crippen LogP contribution is -2.47. The summed E-state index contributed by atoms with van der Waals surface area (Å²) in [5.74, 6) is -0.693. The van der Waals surface area contributed by atoms with Gasteiger partial charge in [-0.05, 0) is 30.0 Å². The molecule has 1 aromatic rings. The molecule has 0 bridgehead atoms. The average Bonchev–Trinajstić information content (AvgIpc) is 2.58. The average molecular weight is 412 g/mol. The molecule has 28 heavy (non-hydrogen) atoms. The Morgan fingerprint density at radius 1 is 1.14 bits per heavy atom. The van der Waals surface area contributed by atoms with Gasteiger partial charge in [0.05, 0.1) is 17.2 Å². The van der Waals surface area contributed by atoms with E-state index in [1.807, 2.05) is 27.7 Å². The van der Waals surface area contributed by atoms with Crippen LogP contribution in [-0.4, -0.2) is 44.0 Å². The molecule has 0 aliphatic carbocycles. The number of anilines is 1. The van der Waals surface area contributed by atoms with E-state index >= 15 is 0 Å². The largest absolute Gasteiger partial charge is 0.383 e. The highest BCUT2D eigenvalue weighted by molar-refractivity contribution is 6.34. The number of nitrogens with one attached hydrogen (secondary N) is 3. The topological polar surface area (TPSA) is 96.5 Å². The second-order valence-electron chi connectivity index (χ2n) is 7.32. The summed E-state index contributed by atoms with van der Waals surface area (Å²) < 4.78 is 4.89. The summed E-state index contributed by atoms with van der Waals surface area (Å²) in [5, 5.41) is 8.44. The summed E-state index contributed by atoms with van der Waals surface area (Å²) in [7, 11) is 1.55. The van der Waals surface area contributed by atoms with Crippen molar-refractivity contribution in [2.75, 3.05) is 25.6 Å². The maximum atomic E-state index is 12.6. The Morgan fingerprint density at radius 2 is 1.82 bits per heavy atom. The van der Waals surface area contributed by atoms with E-state index in [9.17, 15) is 14.4 Å². The van der Waals surface area contributed by atoms with Gasteiger partial charge in [0.1, 0.15) is 6.04 Å². The monoisotopic (exact) mass is 411 g/mol. The smallest absolute Gasteiger partial charge is 0.252 e. The zero-order valence-electron chi connectivity index (χ0n) is 17.1. The maximum Gasteiger partial charge on any atom is 0.252 e. The van der Waals surface area contributed by atoms with E-state index < -0.39 is 6.04 Å². The van der Waals surface area contributed by atoms with E-state index in [2.05, 4.69) is 16.0 Å². The van der Waals surface area contributed by atoms with Crippen molar-refractivity contribution in [2.45, 2.75) is 40.2 Å². The first-order valence-electron chi connectivity index (χ1n) is 9.32. The van der Waals surface area contributed by atoms with Crippen molar-refractivity contribution in [3.8, 4) is 0 Å². The SMILES string of the molecule is COCCNC(=O)c1ccc(NC(=O)C(NC(=O)CC(C)C)C(C)C)cc1Cl. The molecule has 1 atom stereocenters. The minimum atomic E-state index is -0.665.